The lowest BCUT2D eigenvalue weighted by atomic mass is 9.94. The van der Waals surface area contributed by atoms with E-state index in [2.05, 4.69) is 30.4 Å². The van der Waals surface area contributed by atoms with E-state index in [-0.39, 0.29) is 0 Å². The van der Waals surface area contributed by atoms with Crippen LogP contribution in [-0.2, 0) is 11.2 Å². The smallest absolute Gasteiger partial charge is 0.0467 e. The standard InChI is InChI=1S/C14H21NO/c1-11(7-9-16-2)13-6-5-12-4-3-8-15-14(12)10-13/h5-6,10-11,15H,3-4,7-9H2,1-2H3. The maximum atomic E-state index is 5.13. The number of hydrogen-bond acceptors (Lipinski definition) is 2. The van der Waals surface area contributed by atoms with Crippen molar-refractivity contribution >= 4 is 5.69 Å². The Labute approximate surface area is 98.0 Å². The number of hydrogen-bond donors (Lipinski definition) is 1. The highest BCUT2D eigenvalue weighted by molar-refractivity contribution is 5.55. The molecule has 0 saturated carbocycles. The van der Waals surface area contributed by atoms with Crippen molar-refractivity contribution in [1.29, 1.82) is 0 Å². The summed E-state index contributed by atoms with van der Waals surface area (Å²) in [6.45, 7) is 4.22. The van der Waals surface area contributed by atoms with Gasteiger partial charge in [-0.05, 0) is 42.4 Å². The molecule has 1 aromatic rings. The predicted octanol–water partition coefficient (Wildman–Crippen LogP) is 3.18. The highest BCUT2D eigenvalue weighted by atomic mass is 16.5. The molecule has 1 aliphatic heterocycles. The minimum atomic E-state index is 0.578. The van der Waals surface area contributed by atoms with E-state index in [1.54, 1.807) is 7.11 Å². The second-order valence-corrected chi connectivity index (χ2v) is 4.63. The van der Waals surface area contributed by atoms with Crippen LogP contribution in [0, 0.1) is 0 Å². The molecule has 2 rings (SSSR count). The van der Waals surface area contributed by atoms with E-state index in [1.807, 2.05) is 0 Å². The zero-order chi connectivity index (χ0) is 11.4. The van der Waals surface area contributed by atoms with E-state index in [0.29, 0.717) is 5.92 Å². The Morgan fingerprint density at radius 1 is 1.44 bits per heavy atom. The first kappa shape index (κ1) is 11.5. The first-order valence-corrected chi connectivity index (χ1v) is 6.17. The molecule has 0 radical (unpaired) electrons. The number of ether oxygens (including phenoxy) is 1. The fraction of sp³-hybridized carbons (Fsp3) is 0.571. The van der Waals surface area contributed by atoms with Crippen LogP contribution in [-0.4, -0.2) is 20.3 Å². The summed E-state index contributed by atoms with van der Waals surface area (Å²) >= 11 is 0. The van der Waals surface area contributed by atoms with Gasteiger partial charge in [0.25, 0.3) is 0 Å². The SMILES string of the molecule is COCCC(C)c1ccc2c(c1)NCCC2. The summed E-state index contributed by atoms with van der Waals surface area (Å²) in [6.07, 6.45) is 3.57. The number of aryl methyl sites for hydroxylation is 1. The first-order valence-electron chi connectivity index (χ1n) is 6.17. The predicted molar refractivity (Wildman–Crippen MR) is 68.2 cm³/mol. The summed E-state index contributed by atoms with van der Waals surface area (Å²) in [4.78, 5) is 0. The Hall–Kier alpha value is -1.02. The fourth-order valence-electron chi connectivity index (χ4n) is 2.25. The van der Waals surface area contributed by atoms with Gasteiger partial charge in [-0.1, -0.05) is 19.1 Å². The maximum Gasteiger partial charge on any atom is 0.0467 e. The number of anilines is 1. The van der Waals surface area contributed by atoms with Gasteiger partial charge in [0.15, 0.2) is 0 Å². The van der Waals surface area contributed by atoms with Crippen molar-refractivity contribution in [3.8, 4) is 0 Å². The minimum absolute atomic E-state index is 0.578. The maximum absolute atomic E-state index is 5.13. The molecule has 1 aromatic carbocycles. The first-order chi connectivity index (χ1) is 7.81. The molecule has 1 aliphatic rings. The van der Waals surface area contributed by atoms with Crippen molar-refractivity contribution in [3.05, 3.63) is 29.3 Å². The van der Waals surface area contributed by atoms with Gasteiger partial charge in [0.1, 0.15) is 0 Å². The van der Waals surface area contributed by atoms with Gasteiger partial charge in [-0.2, -0.15) is 0 Å². The number of fused-ring (bicyclic) bond motifs is 1. The van der Waals surface area contributed by atoms with Crippen LogP contribution in [0.5, 0.6) is 0 Å². The van der Waals surface area contributed by atoms with Gasteiger partial charge >= 0.3 is 0 Å². The van der Waals surface area contributed by atoms with Crippen molar-refractivity contribution in [3.63, 3.8) is 0 Å². The van der Waals surface area contributed by atoms with Gasteiger partial charge in [-0.25, -0.2) is 0 Å². The topological polar surface area (TPSA) is 21.3 Å². The molecule has 2 nitrogen and oxygen atoms in total. The quantitative estimate of drug-likeness (QED) is 0.839. The van der Waals surface area contributed by atoms with Gasteiger partial charge < -0.3 is 10.1 Å². The highest BCUT2D eigenvalue weighted by Crippen LogP contribution is 2.27. The molecule has 0 fully saturated rings. The van der Waals surface area contributed by atoms with Crippen molar-refractivity contribution in [1.82, 2.24) is 0 Å². The molecule has 0 bridgehead atoms. The Morgan fingerprint density at radius 3 is 3.12 bits per heavy atom. The lowest BCUT2D eigenvalue weighted by Gasteiger charge is -2.20. The molecule has 16 heavy (non-hydrogen) atoms. The van der Waals surface area contributed by atoms with Gasteiger partial charge in [-0.15, -0.1) is 0 Å². The third-order valence-electron chi connectivity index (χ3n) is 3.40. The fourth-order valence-corrected chi connectivity index (χ4v) is 2.25. The van der Waals surface area contributed by atoms with E-state index in [9.17, 15) is 0 Å². The van der Waals surface area contributed by atoms with Crippen molar-refractivity contribution in [2.45, 2.75) is 32.1 Å². The summed E-state index contributed by atoms with van der Waals surface area (Å²) < 4.78 is 5.13. The van der Waals surface area contributed by atoms with Crippen molar-refractivity contribution in [2.24, 2.45) is 0 Å². The lowest BCUT2D eigenvalue weighted by Crippen LogP contribution is -2.12. The molecule has 88 valence electrons. The normalized spacial score (nSPS) is 16.4. The second kappa shape index (κ2) is 5.35. The molecular weight excluding hydrogens is 198 g/mol. The largest absolute Gasteiger partial charge is 0.385 e. The number of nitrogens with one attached hydrogen (secondary N) is 1. The van der Waals surface area contributed by atoms with E-state index < -0.39 is 0 Å². The molecule has 0 spiro atoms. The van der Waals surface area contributed by atoms with Crippen LogP contribution in [0.15, 0.2) is 18.2 Å². The Morgan fingerprint density at radius 2 is 2.31 bits per heavy atom. The molecule has 1 N–H and O–H groups in total. The van der Waals surface area contributed by atoms with Crippen LogP contribution in [0.1, 0.15) is 36.8 Å². The summed E-state index contributed by atoms with van der Waals surface area (Å²) in [5.74, 6) is 0.578. The number of benzene rings is 1. The van der Waals surface area contributed by atoms with E-state index in [1.165, 1.54) is 29.7 Å². The van der Waals surface area contributed by atoms with Gasteiger partial charge in [0.05, 0.1) is 0 Å². The Balaban J connectivity index is 2.10. The average molecular weight is 219 g/mol. The van der Waals surface area contributed by atoms with Gasteiger partial charge in [0, 0.05) is 25.9 Å². The molecule has 1 atom stereocenters. The molecule has 0 aliphatic carbocycles. The third kappa shape index (κ3) is 2.56. The minimum Gasteiger partial charge on any atom is -0.385 e. The molecule has 2 heteroatoms. The second-order valence-electron chi connectivity index (χ2n) is 4.63. The van der Waals surface area contributed by atoms with Crippen LogP contribution in [0.2, 0.25) is 0 Å². The van der Waals surface area contributed by atoms with Crippen LogP contribution in [0.25, 0.3) is 0 Å². The molecule has 1 unspecified atom stereocenters. The van der Waals surface area contributed by atoms with E-state index >= 15 is 0 Å². The molecule has 0 saturated heterocycles. The summed E-state index contributed by atoms with van der Waals surface area (Å²) in [5.41, 5.74) is 4.23. The summed E-state index contributed by atoms with van der Waals surface area (Å²) in [6, 6.07) is 6.86. The Bertz CT molecular complexity index is 349. The van der Waals surface area contributed by atoms with Crippen LogP contribution in [0.3, 0.4) is 0 Å². The highest BCUT2D eigenvalue weighted by Gasteiger charge is 2.11. The average Bonchev–Trinajstić information content (AvgIpc) is 2.35. The zero-order valence-electron chi connectivity index (χ0n) is 10.3. The van der Waals surface area contributed by atoms with E-state index in [0.717, 1.165) is 19.6 Å². The van der Waals surface area contributed by atoms with Crippen LogP contribution in [0.4, 0.5) is 5.69 Å². The Kier molecular flexibility index (Phi) is 3.83. The number of methoxy groups -OCH3 is 1. The molecule has 0 amide bonds. The summed E-state index contributed by atoms with van der Waals surface area (Å²) in [7, 11) is 1.77. The zero-order valence-corrected chi connectivity index (χ0v) is 10.3. The van der Waals surface area contributed by atoms with Crippen LogP contribution >= 0.6 is 0 Å². The lowest BCUT2D eigenvalue weighted by molar-refractivity contribution is 0.189. The third-order valence-corrected chi connectivity index (χ3v) is 3.40. The van der Waals surface area contributed by atoms with Gasteiger partial charge in [-0.3, -0.25) is 0 Å². The molecule has 1 heterocycles. The number of rotatable bonds is 4. The van der Waals surface area contributed by atoms with Crippen LogP contribution < -0.4 is 5.32 Å². The van der Waals surface area contributed by atoms with Gasteiger partial charge in [0.2, 0.25) is 0 Å². The molecular formula is C14H21NO. The molecule has 0 aromatic heterocycles. The van der Waals surface area contributed by atoms with Crippen molar-refractivity contribution in [2.75, 3.05) is 25.6 Å². The van der Waals surface area contributed by atoms with E-state index in [4.69, 9.17) is 4.74 Å². The monoisotopic (exact) mass is 219 g/mol. The van der Waals surface area contributed by atoms with Crippen molar-refractivity contribution < 1.29 is 4.74 Å². The summed E-state index contributed by atoms with van der Waals surface area (Å²) in [5, 5.41) is 3.48.